The summed E-state index contributed by atoms with van der Waals surface area (Å²) in [5.41, 5.74) is 2.02. The zero-order valence-electron chi connectivity index (χ0n) is 12.3. The van der Waals surface area contributed by atoms with E-state index in [4.69, 9.17) is 17.0 Å². The van der Waals surface area contributed by atoms with Crippen molar-refractivity contribution in [2.75, 3.05) is 24.9 Å². The second-order valence-corrected chi connectivity index (χ2v) is 4.76. The van der Waals surface area contributed by atoms with Crippen LogP contribution in [0.1, 0.15) is 10.4 Å². The van der Waals surface area contributed by atoms with E-state index in [1.807, 2.05) is 24.3 Å². The van der Waals surface area contributed by atoms with Crippen molar-refractivity contribution in [3.05, 3.63) is 54.1 Å². The monoisotopic (exact) mass is 316 g/mol. The summed E-state index contributed by atoms with van der Waals surface area (Å²) in [6, 6.07) is 14.3. The summed E-state index contributed by atoms with van der Waals surface area (Å²) in [6.07, 6.45) is 0. The van der Waals surface area contributed by atoms with Crippen LogP contribution in [-0.4, -0.2) is 25.3 Å². The van der Waals surface area contributed by atoms with Gasteiger partial charge in [-0.1, -0.05) is 12.1 Å². The molecule has 0 fully saturated rings. The molecule has 0 aliphatic rings. The molecule has 0 saturated heterocycles. The normalized spacial score (nSPS) is 9.73. The Morgan fingerprint density at radius 1 is 1.00 bits per heavy atom. The summed E-state index contributed by atoms with van der Waals surface area (Å²) in [5, 5.41) is 6.53. The van der Waals surface area contributed by atoms with E-state index in [1.165, 1.54) is 7.11 Å². The van der Waals surface area contributed by atoms with Gasteiger partial charge in [0.1, 0.15) is 5.75 Å². The van der Waals surface area contributed by atoms with Crippen molar-refractivity contribution in [3.63, 3.8) is 0 Å². The molecule has 2 aromatic rings. The molecule has 22 heavy (non-hydrogen) atoms. The Balaban J connectivity index is 2.01. The molecule has 0 heterocycles. The van der Waals surface area contributed by atoms with Gasteiger partial charge in [0.05, 0.1) is 25.5 Å². The van der Waals surface area contributed by atoms with Crippen LogP contribution in [0.5, 0.6) is 5.75 Å². The van der Waals surface area contributed by atoms with Crippen LogP contribution < -0.4 is 15.4 Å². The molecule has 0 aliphatic carbocycles. The maximum atomic E-state index is 11.4. The van der Waals surface area contributed by atoms with E-state index in [2.05, 4.69) is 15.4 Å². The first-order chi connectivity index (χ1) is 10.6. The van der Waals surface area contributed by atoms with Crippen LogP contribution in [0.15, 0.2) is 48.5 Å². The van der Waals surface area contributed by atoms with E-state index < -0.39 is 0 Å². The predicted octanol–water partition coefficient (Wildman–Crippen LogP) is 3.29. The second-order valence-electron chi connectivity index (χ2n) is 4.35. The first-order valence-electron chi connectivity index (χ1n) is 6.53. The topological polar surface area (TPSA) is 59.6 Å². The number of esters is 1. The summed E-state index contributed by atoms with van der Waals surface area (Å²) in [6.45, 7) is 0. The first kappa shape index (κ1) is 15.8. The minimum atomic E-state index is -0.374. The molecular formula is C16H16N2O3S. The van der Waals surface area contributed by atoms with Crippen molar-refractivity contribution in [1.82, 2.24) is 0 Å². The molecule has 0 amide bonds. The van der Waals surface area contributed by atoms with Crippen LogP contribution in [0.2, 0.25) is 0 Å². The lowest BCUT2D eigenvalue weighted by Gasteiger charge is -2.13. The predicted molar refractivity (Wildman–Crippen MR) is 90.6 cm³/mol. The molecule has 0 unspecified atom stereocenters. The maximum absolute atomic E-state index is 11.4. The molecule has 0 radical (unpaired) electrons. The molecule has 0 spiro atoms. The fraction of sp³-hybridized carbons (Fsp3) is 0.125. The van der Waals surface area contributed by atoms with Crippen molar-refractivity contribution in [3.8, 4) is 5.75 Å². The average Bonchev–Trinajstić information content (AvgIpc) is 2.55. The van der Waals surface area contributed by atoms with Gasteiger partial charge in [0.2, 0.25) is 0 Å². The van der Waals surface area contributed by atoms with Gasteiger partial charge >= 0.3 is 5.97 Å². The van der Waals surface area contributed by atoms with Crippen LogP contribution in [0, 0.1) is 0 Å². The molecule has 0 aliphatic heterocycles. The summed E-state index contributed by atoms with van der Waals surface area (Å²) < 4.78 is 9.90. The maximum Gasteiger partial charge on any atom is 0.337 e. The van der Waals surface area contributed by atoms with Crippen molar-refractivity contribution in [1.29, 1.82) is 0 Å². The first-order valence-corrected chi connectivity index (χ1v) is 6.94. The Bertz CT molecular complexity index is 671. The van der Waals surface area contributed by atoms with E-state index in [0.29, 0.717) is 16.4 Å². The van der Waals surface area contributed by atoms with E-state index in [0.717, 1.165) is 11.4 Å². The van der Waals surface area contributed by atoms with Crippen LogP contribution >= 0.6 is 12.2 Å². The minimum absolute atomic E-state index is 0.374. The number of nitrogens with one attached hydrogen (secondary N) is 2. The molecule has 5 nitrogen and oxygen atoms in total. The summed E-state index contributed by atoms with van der Waals surface area (Å²) in [4.78, 5) is 11.4. The van der Waals surface area contributed by atoms with Crippen molar-refractivity contribution in [2.24, 2.45) is 0 Å². The summed E-state index contributed by atoms with van der Waals surface area (Å²) >= 11 is 5.26. The number of carbonyl (C=O) groups is 1. The zero-order chi connectivity index (χ0) is 15.9. The van der Waals surface area contributed by atoms with E-state index in [1.54, 1.807) is 31.4 Å². The highest BCUT2D eigenvalue weighted by atomic mass is 32.1. The highest BCUT2D eigenvalue weighted by Gasteiger charge is 2.06. The molecule has 2 N–H and O–H groups in total. The molecular weight excluding hydrogens is 300 g/mol. The lowest BCUT2D eigenvalue weighted by Crippen LogP contribution is -2.19. The number of carbonyl (C=O) groups excluding carboxylic acids is 1. The Morgan fingerprint density at radius 3 is 2.32 bits per heavy atom. The molecule has 0 saturated carbocycles. The van der Waals surface area contributed by atoms with Crippen molar-refractivity contribution < 1.29 is 14.3 Å². The number of thiocarbonyl (C=S) groups is 1. The third-order valence-electron chi connectivity index (χ3n) is 2.92. The van der Waals surface area contributed by atoms with Gasteiger partial charge in [-0.05, 0) is 48.6 Å². The van der Waals surface area contributed by atoms with Crippen molar-refractivity contribution in [2.45, 2.75) is 0 Å². The molecule has 6 heteroatoms. The van der Waals surface area contributed by atoms with Gasteiger partial charge in [0, 0.05) is 5.69 Å². The number of benzene rings is 2. The highest BCUT2D eigenvalue weighted by molar-refractivity contribution is 7.80. The van der Waals surface area contributed by atoms with Gasteiger partial charge in [-0.2, -0.15) is 0 Å². The number of hydrogen-bond acceptors (Lipinski definition) is 4. The highest BCUT2D eigenvalue weighted by Crippen LogP contribution is 2.23. The Labute approximate surface area is 134 Å². The number of rotatable bonds is 4. The smallest absolute Gasteiger partial charge is 0.337 e. The number of para-hydroxylation sites is 2. The summed E-state index contributed by atoms with van der Waals surface area (Å²) in [7, 11) is 2.95. The Morgan fingerprint density at radius 2 is 1.68 bits per heavy atom. The van der Waals surface area contributed by atoms with Gasteiger partial charge < -0.3 is 20.1 Å². The molecule has 0 aromatic heterocycles. The molecule has 2 aromatic carbocycles. The van der Waals surface area contributed by atoms with E-state index >= 15 is 0 Å². The lowest BCUT2D eigenvalue weighted by molar-refractivity contribution is 0.0601. The lowest BCUT2D eigenvalue weighted by atomic mass is 10.2. The van der Waals surface area contributed by atoms with Crippen LogP contribution in [0.25, 0.3) is 0 Å². The molecule has 0 atom stereocenters. The summed E-state index contributed by atoms with van der Waals surface area (Å²) in [5.74, 6) is 0.328. The number of anilines is 2. The second kappa shape index (κ2) is 7.42. The number of ether oxygens (including phenoxy) is 2. The largest absolute Gasteiger partial charge is 0.495 e. The van der Waals surface area contributed by atoms with E-state index in [-0.39, 0.29) is 5.97 Å². The molecule has 114 valence electrons. The SMILES string of the molecule is COC(=O)c1ccc(NC(=S)Nc2ccccc2OC)cc1. The number of methoxy groups -OCH3 is 2. The third-order valence-corrected chi connectivity index (χ3v) is 3.12. The van der Waals surface area contributed by atoms with Gasteiger partial charge in [-0.3, -0.25) is 0 Å². The van der Waals surface area contributed by atoms with Gasteiger partial charge in [0.15, 0.2) is 5.11 Å². The average molecular weight is 316 g/mol. The zero-order valence-corrected chi connectivity index (χ0v) is 13.1. The fourth-order valence-electron chi connectivity index (χ4n) is 1.84. The van der Waals surface area contributed by atoms with Crippen molar-refractivity contribution >= 4 is 34.7 Å². The standard InChI is InChI=1S/C16H16N2O3S/c1-20-14-6-4-3-5-13(14)18-16(22)17-12-9-7-11(8-10-12)15(19)21-2/h3-10H,1-2H3,(H2,17,18,22). The van der Waals surface area contributed by atoms with Crippen LogP contribution in [-0.2, 0) is 4.74 Å². The molecule has 2 rings (SSSR count). The van der Waals surface area contributed by atoms with Gasteiger partial charge in [-0.15, -0.1) is 0 Å². The Kier molecular flexibility index (Phi) is 5.32. The van der Waals surface area contributed by atoms with E-state index in [9.17, 15) is 4.79 Å². The van der Waals surface area contributed by atoms with Gasteiger partial charge in [-0.25, -0.2) is 4.79 Å². The van der Waals surface area contributed by atoms with Crippen LogP contribution in [0.3, 0.4) is 0 Å². The van der Waals surface area contributed by atoms with Gasteiger partial charge in [0.25, 0.3) is 0 Å². The molecule has 0 bridgehead atoms. The quantitative estimate of drug-likeness (QED) is 0.667. The number of hydrogen-bond donors (Lipinski definition) is 2. The Hall–Kier alpha value is -2.60. The minimum Gasteiger partial charge on any atom is -0.495 e. The van der Waals surface area contributed by atoms with Crippen LogP contribution in [0.4, 0.5) is 11.4 Å². The fourth-order valence-corrected chi connectivity index (χ4v) is 2.07. The third kappa shape index (κ3) is 3.95.